The molecule has 0 nitrogen and oxygen atoms in total. The van der Waals surface area contributed by atoms with Gasteiger partial charge in [-0.15, -0.1) is 0 Å². The average Bonchev–Trinajstić information content (AvgIpc) is 2.40. The maximum atomic E-state index is 3.48. The van der Waals surface area contributed by atoms with E-state index in [1.807, 2.05) is 0 Å². The molecule has 2 aromatic carbocycles. The molecule has 0 N–H and O–H groups in total. The van der Waals surface area contributed by atoms with E-state index in [4.69, 9.17) is 0 Å². The van der Waals surface area contributed by atoms with Crippen molar-refractivity contribution < 1.29 is 0 Å². The molecule has 0 saturated heterocycles. The van der Waals surface area contributed by atoms with Crippen LogP contribution in [0.4, 0.5) is 0 Å². The fourth-order valence-electron chi connectivity index (χ4n) is 2.38. The number of rotatable bonds is 4. The molecule has 0 radical (unpaired) electrons. The summed E-state index contributed by atoms with van der Waals surface area (Å²) in [7, 11) is 0. The van der Waals surface area contributed by atoms with Crippen LogP contribution in [0, 0.1) is 0 Å². The van der Waals surface area contributed by atoms with Crippen LogP contribution < -0.4 is 0 Å². The van der Waals surface area contributed by atoms with E-state index in [9.17, 15) is 0 Å². The molecule has 2 unspecified atom stereocenters. The van der Waals surface area contributed by atoms with Crippen LogP contribution in [0.5, 0.6) is 0 Å². The molecule has 0 saturated carbocycles. The Balaban J connectivity index is 2.03. The van der Waals surface area contributed by atoms with E-state index < -0.39 is 0 Å². The predicted octanol–water partition coefficient (Wildman–Crippen LogP) is 5.75. The zero-order valence-corrected chi connectivity index (χ0v) is 12.5. The summed E-state index contributed by atoms with van der Waals surface area (Å²) in [5.74, 6) is 1.19. The highest BCUT2D eigenvalue weighted by atomic mass is 79.9. The molecule has 1 heteroatoms. The van der Waals surface area contributed by atoms with Gasteiger partial charge in [0.1, 0.15) is 0 Å². The Morgan fingerprint density at radius 2 is 1.28 bits per heavy atom. The smallest absolute Gasteiger partial charge is 0.0175 e. The number of benzene rings is 2. The highest BCUT2D eigenvalue weighted by Gasteiger charge is 2.12. The van der Waals surface area contributed by atoms with Crippen molar-refractivity contribution in [3.8, 4) is 0 Å². The van der Waals surface area contributed by atoms with Crippen molar-refractivity contribution in [1.29, 1.82) is 0 Å². The SMILES string of the molecule is CC(CC(C)c1ccc(Br)cc1)c1ccccc1. The third kappa shape index (κ3) is 3.46. The molecule has 0 heterocycles. The minimum atomic E-state index is 0.591. The lowest BCUT2D eigenvalue weighted by Crippen LogP contribution is -2.01. The van der Waals surface area contributed by atoms with E-state index in [0.717, 1.165) is 4.47 Å². The molecule has 0 aliphatic rings. The van der Waals surface area contributed by atoms with E-state index in [-0.39, 0.29) is 0 Å². The molecule has 2 aromatic rings. The van der Waals surface area contributed by atoms with Gasteiger partial charge in [0, 0.05) is 4.47 Å². The fraction of sp³-hybridized carbons (Fsp3) is 0.294. The van der Waals surface area contributed by atoms with Crippen molar-refractivity contribution in [2.24, 2.45) is 0 Å². The van der Waals surface area contributed by atoms with Gasteiger partial charge in [-0.2, -0.15) is 0 Å². The average molecular weight is 303 g/mol. The highest BCUT2D eigenvalue weighted by molar-refractivity contribution is 9.10. The number of halogens is 1. The lowest BCUT2D eigenvalue weighted by molar-refractivity contribution is 0.593. The predicted molar refractivity (Wildman–Crippen MR) is 82.0 cm³/mol. The molecule has 0 aliphatic carbocycles. The van der Waals surface area contributed by atoms with Crippen molar-refractivity contribution in [2.45, 2.75) is 32.1 Å². The molecule has 0 aromatic heterocycles. The Morgan fingerprint density at radius 1 is 0.778 bits per heavy atom. The number of hydrogen-bond donors (Lipinski definition) is 0. The molecule has 94 valence electrons. The molecule has 0 fully saturated rings. The van der Waals surface area contributed by atoms with Gasteiger partial charge < -0.3 is 0 Å². The molecule has 2 rings (SSSR count). The second kappa shape index (κ2) is 6.19. The zero-order chi connectivity index (χ0) is 13.0. The van der Waals surface area contributed by atoms with E-state index in [1.165, 1.54) is 17.5 Å². The maximum Gasteiger partial charge on any atom is 0.0175 e. The summed E-state index contributed by atoms with van der Waals surface area (Å²) in [5.41, 5.74) is 2.85. The quantitative estimate of drug-likeness (QED) is 0.675. The van der Waals surface area contributed by atoms with Gasteiger partial charge in [0.15, 0.2) is 0 Å². The number of hydrogen-bond acceptors (Lipinski definition) is 0. The molecule has 0 spiro atoms. The van der Waals surface area contributed by atoms with Gasteiger partial charge in [-0.1, -0.05) is 72.2 Å². The summed E-state index contributed by atoms with van der Waals surface area (Å²) in [6.07, 6.45) is 1.19. The van der Waals surface area contributed by atoms with E-state index in [1.54, 1.807) is 0 Å². The molecule has 0 amide bonds. The van der Waals surface area contributed by atoms with Gasteiger partial charge in [0.2, 0.25) is 0 Å². The molecule has 2 atom stereocenters. The van der Waals surface area contributed by atoms with Gasteiger partial charge in [-0.3, -0.25) is 0 Å². The molecule has 0 bridgehead atoms. The first-order valence-corrected chi connectivity index (χ1v) is 7.26. The second-order valence-electron chi connectivity index (χ2n) is 5.00. The van der Waals surface area contributed by atoms with Gasteiger partial charge >= 0.3 is 0 Å². The zero-order valence-electron chi connectivity index (χ0n) is 10.9. The highest BCUT2D eigenvalue weighted by Crippen LogP contribution is 2.29. The molecular weight excluding hydrogens is 284 g/mol. The molecular formula is C17H19Br. The van der Waals surface area contributed by atoms with Crippen molar-refractivity contribution in [1.82, 2.24) is 0 Å². The minimum Gasteiger partial charge on any atom is -0.0622 e. The van der Waals surface area contributed by atoms with Crippen LogP contribution in [0.15, 0.2) is 59.1 Å². The van der Waals surface area contributed by atoms with E-state index >= 15 is 0 Å². The largest absolute Gasteiger partial charge is 0.0622 e. The Hall–Kier alpha value is -1.08. The third-order valence-corrected chi connectivity index (χ3v) is 4.04. The third-order valence-electron chi connectivity index (χ3n) is 3.51. The minimum absolute atomic E-state index is 0.591. The van der Waals surface area contributed by atoms with Crippen molar-refractivity contribution >= 4 is 15.9 Å². The molecule has 18 heavy (non-hydrogen) atoms. The lowest BCUT2D eigenvalue weighted by atomic mass is 9.87. The normalized spacial score (nSPS) is 14.2. The van der Waals surface area contributed by atoms with Crippen LogP contribution in [-0.4, -0.2) is 0 Å². The van der Waals surface area contributed by atoms with Crippen LogP contribution in [-0.2, 0) is 0 Å². The topological polar surface area (TPSA) is 0 Å². The first-order valence-electron chi connectivity index (χ1n) is 6.47. The van der Waals surface area contributed by atoms with Crippen LogP contribution in [0.3, 0.4) is 0 Å². The van der Waals surface area contributed by atoms with Crippen molar-refractivity contribution in [3.05, 3.63) is 70.2 Å². The summed E-state index contributed by atoms with van der Waals surface area (Å²) in [5, 5.41) is 0. The summed E-state index contributed by atoms with van der Waals surface area (Å²) < 4.78 is 1.15. The van der Waals surface area contributed by atoms with E-state index in [0.29, 0.717) is 11.8 Å². The van der Waals surface area contributed by atoms with Crippen LogP contribution >= 0.6 is 15.9 Å². The van der Waals surface area contributed by atoms with Gasteiger partial charge in [-0.25, -0.2) is 0 Å². The summed E-state index contributed by atoms with van der Waals surface area (Å²) in [6.45, 7) is 4.62. The Labute approximate surface area is 118 Å². The Bertz CT molecular complexity index is 473. The maximum absolute atomic E-state index is 3.48. The fourth-order valence-corrected chi connectivity index (χ4v) is 2.64. The summed E-state index contributed by atoms with van der Waals surface area (Å²) in [6, 6.07) is 19.4. The standard InChI is InChI=1S/C17H19Br/c1-13(15-6-4-3-5-7-15)12-14(2)16-8-10-17(18)11-9-16/h3-11,13-14H,12H2,1-2H3. The van der Waals surface area contributed by atoms with Crippen LogP contribution in [0.25, 0.3) is 0 Å². The lowest BCUT2D eigenvalue weighted by Gasteiger charge is -2.18. The second-order valence-corrected chi connectivity index (χ2v) is 5.92. The van der Waals surface area contributed by atoms with E-state index in [2.05, 4.69) is 84.4 Å². The van der Waals surface area contributed by atoms with Crippen molar-refractivity contribution in [3.63, 3.8) is 0 Å². The monoisotopic (exact) mass is 302 g/mol. The Kier molecular flexibility index (Phi) is 4.60. The van der Waals surface area contributed by atoms with Crippen LogP contribution in [0.1, 0.15) is 43.2 Å². The summed E-state index contributed by atoms with van der Waals surface area (Å²) >= 11 is 3.48. The molecule has 0 aliphatic heterocycles. The van der Waals surface area contributed by atoms with Gasteiger partial charge in [0.25, 0.3) is 0 Å². The van der Waals surface area contributed by atoms with Crippen LogP contribution in [0.2, 0.25) is 0 Å². The van der Waals surface area contributed by atoms with Gasteiger partial charge in [0.05, 0.1) is 0 Å². The first kappa shape index (κ1) is 13.4. The Morgan fingerprint density at radius 3 is 1.83 bits per heavy atom. The summed E-state index contributed by atoms with van der Waals surface area (Å²) in [4.78, 5) is 0. The van der Waals surface area contributed by atoms with Gasteiger partial charge in [-0.05, 0) is 41.5 Å². The first-order chi connectivity index (χ1) is 8.66. The van der Waals surface area contributed by atoms with Crippen molar-refractivity contribution in [2.75, 3.05) is 0 Å².